The Morgan fingerprint density at radius 2 is 1.68 bits per heavy atom. The average Bonchev–Trinajstić information content (AvgIpc) is 3.08. The van der Waals surface area contributed by atoms with E-state index in [4.69, 9.17) is 14.5 Å². The number of hydrogen-bond donors (Lipinski definition) is 2. The molecule has 7 heteroatoms. The highest BCUT2D eigenvalue weighted by Crippen LogP contribution is 2.42. The molecule has 2 N–H and O–H groups in total. The minimum absolute atomic E-state index is 0.0417. The summed E-state index contributed by atoms with van der Waals surface area (Å²) in [4.78, 5) is 4.78. The number of phenolic OH excluding ortho intramolecular Hbond substituents is 1. The molecule has 4 aromatic rings. The van der Waals surface area contributed by atoms with E-state index in [1.54, 1.807) is 12.1 Å². The number of halogens is 1. The zero-order valence-corrected chi connectivity index (χ0v) is 16.9. The molecule has 2 aromatic heterocycles. The molecule has 4 rings (SSSR count). The Morgan fingerprint density at radius 3 is 2.32 bits per heavy atom. The second-order valence-electron chi connectivity index (χ2n) is 6.10. The van der Waals surface area contributed by atoms with Crippen LogP contribution in [0.1, 0.15) is 0 Å². The van der Waals surface area contributed by atoms with Gasteiger partial charge in [0.15, 0.2) is 11.5 Å². The van der Waals surface area contributed by atoms with Gasteiger partial charge in [-0.2, -0.15) is 0 Å². The second-order valence-corrected chi connectivity index (χ2v) is 7.01. The summed E-state index contributed by atoms with van der Waals surface area (Å²) in [6.07, 6.45) is 1.95. The van der Waals surface area contributed by atoms with E-state index in [0.717, 1.165) is 27.2 Å². The summed E-state index contributed by atoms with van der Waals surface area (Å²) in [5.41, 5.74) is 3.19. The molecule has 0 bridgehead atoms. The Morgan fingerprint density at radius 1 is 1.00 bits per heavy atom. The Hall–Kier alpha value is -3.19. The molecule has 0 fully saturated rings. The van der Waals surface area contributed by atoms with Gasteiger partial charge in [0.1, 0.15) is 17.2 Å². The van der Waals surface area contributed by atoms with Gasteiger partial charge in [-0.1, -0.05) is 22.0 Å². The number of nitrogens with one attached hydrogen (secondary N) is 1. The normalized spacial score (nSPS) is 10.8. The van der Waals surface area contributed by atoms with Gasteiger partial charge in [0.2, 0.25) is 5.75 Å². The van der Waals surface area contributed by atoms with Gasteiger partial charge in [0.25, 0.3) is 0 Å². The fraction of sp³-hybridized carbons (Fsp3) is 0.0952. The number of aromatic nitrogens is 2. The lowest BCUT2D eigenvalue weighted by atomic mass is 10.1. The van der Waals surface area contributed by atoms with Crippen molar-refractivity contribution in [2.24, 2.45) is 0 Å². The first kappa shape index (κ1) is 18.2. The van der Waals surface area contributed by atoms with Crippen molar-refractivity contribution >= 4 is 33.1 Å². The maximum absolute atomic E-state index is 10.2. The van der Waals surface area contributed by atoms with Gasteiger partial charge in [-0.05, 0) is 48.5 Å². The first-order chi connectivity index (χ1) is 13.6. The van der Waals surface area contributed by atoms with Crippen LogP contribution in [0.25, 0.3) is 16.9 Å². The zero-order chi connectivity index (χ0) is 19.7. The van der Waals surface area contributed by atoms with Crippen LogP contribution in [0.15, 0.2) is 65.3 Å². The Bertz CT molecular complexity index is 1110. The van der Waals surface area contributed by atoms with E-state index in [-0.39, 0.29) is 5.75 Å². The molecule has 2 heterocycles. The number of aromatic hydroxyl groups is 1. The van der Waals surface area contributed by atoms with E-state index in [0.29, 0.717) is 17.2 Å². The van der Waals surface area contributed by atoms with Crippen molar-refractivity contribution in [1.82, 2.24) is 9.38 Å². The minimum atomic E-state index is -0.0417. The van der Waals surface area contributed by atoms with Crippen LogP contribution < -0.4 is 14.8 Å². The maximum atomic E-state index is 10.2. The molecule has 0 aliphatic rings. The molecule has 142 valence electrons. The van der Waals surface area contributed by atoms with E-state index in [1.807, 2.05) is 53.1 Å². The molecular formula is C21H18BrN3O3. The lowest BCUT2D eigenvalue weighted by Gasteiger charge is -2.12. The Kier molecular flexibility index (Phi) is 4.83. The van der Waals surface area contributed by atoms with Crippen molar-refractivity contribution in [1.29, 1.82) is 0 Å². The number of nitrogens with zero attached hydrogens (tertiary/aromatic N) is 2. The largest absolute Gasteiger partial charge is 0.502 e. The summed E-state index contributed by atoms with van der Waals surface area (Å²) in [5, 5.41) is 13.7. The fourth-order valence-electron chi connectivity index (χ4n) is 3.02. The molecule has 0 aliphatic heterocycles. The third-order valence-electron chi connectivity index (χ3n) is 4.39. The fourth-order valence-corrected chi connectivity index (χ4v) is 3.28. The third kappa shape index (κ3) is 3.25. The predicted molar refractivity (Wildman–Crippen MR) is 113 cm³/mol. The highest BCUT2D eigenvalue weighted by Gasteiger charge is 2.19. The number of ether oxygens (including phenoxy) is 2. The van der Waals surface area contributed by atoms with Crippen LogP contribution in [0.3, 0.4) is 0 Å². The van der Waals surface area contributed by atoms with E-state index in [2.05, 4.69) is 21.2 Å². The predicted octanol–water partition coefficient (Wildman–Crippen LogP) is 5.23. The molecule has 28 heavy (non-hydrogen) atoms. The summed E-state index contributed by atoms with van der Waals surface area (Å²) in [6, 6.07) is 17.2. The summed E-state index contributed by atoms with van der Waals surface area (Å²) < 4.78 is 13.6. The van der Waals surface area contributed by atoms with Crippen LogP contribution >= 0.6 is 15.9 Å². The van der Waals surface area contributed by atoms with E-state index < -0.39 is 0 Å². The first-order valence-electron chi connectivity index (χ1n) is 8.55. The number of benzene rings is 2. The van der Waals surface area contributed by atoms with Crippen LogP contribution in [-0.4, -0.2) is 28.7 Å². The van der Waals surface area contributed by atoms with Crippen LogP contribution in [0.2, 0.25) is 0 Å². The number of fused-ring (bicyclic) bond motifs is 1. The van der Waals surface area contributed by atoms with Crippen LogP contribution in [0.4, 0.5) is 11.5 Å². The van der Waals surface area contributed by atoms with Crippen molar-refractivity contribution in [3.8, 4) is 28.5 Å². The van der Waals surface area contributed by atoms with E-state index in [1.165, 1.54) is 14.2 Å². The second kappa shape index (κ2) is 7.44. The number of imidazole rings is 1. The van der Waals surface area contributed by atoms with Gasteiger partial charge in [-0.15, -0.1) is 0 Å². The summed E-state index contributed by atoms with van der Waals surface area (Å²) in [7, 11) is 3.01. The molecule has 0 spiro atoms. The SMILES string of the molecule is COc1cc(-c2nc3ccccn3c2Nc2ccc(Br)cc2)cc(OC)c1O. The summed E-state index contributed by atoms with van der Waals surface area (Å²) >= 11 is 3.46. The van der Waals surface area contributed by atoms with Gasteiger partial charge in [-0.3, -0.25) is 4.40 Å². The van der Waals surface area contributed by atoms with Crippen LogP contribution in [0.5, 0.6) is 17.2 Å². The number of pyridine rings is 1. The molecular weight excluding hydrogens is 422 g/mol. The quantitative estimate of drug-likeness (QED) is 0.445. The highest BCUT2D eigenvalue weighted by molar-refractivity contribution is 9.10. The number of rotatable bonds is 5. The molecule has 0 radical (unpaired) electrons. The Balaban J connectivity index is 1.91. The first-order valence-corrected chi connectivity index (χ1v) is 9.35. The molecule has 0 unspecified atom stereocenters. The van der Waals surface area contributed by atoms with Crippen molar-refractivity contribution in [3.63, 3.8) is 0 Å². The van der Waals surface area contributed by atoms with Gasteiger partial charge in [-0.25, -0.2) is 4.98 Å². The molecule has 6 nitrogen and oxygen atoms in total. The highest BCUT2D eigenvalue weighted by atomic mass is 79.9. The monoisotopic (exact) mass is 439 g/mol. The standard InChI is InChI=1S/C21H18BrN3O3/c1-27-16-11-13(12-17(28-2)20(16)26)19-21(23-15-8-6-14(22)7-9-15)25-10-4-3-5-18(25)24-19/h3-12,23,26H,1-2H3. The number of anilines is 2. The van der Waals surface area contributed by atoms with Crippen LogP contribution in [0, 0.1) is 0 Å². The molecule has 0 aliphatic carbocycles. The van der Waals surface area contributed by atoms with Gasteiger partial charge < -0.3 is 19.9 Å². The topological polar surface area (TPSA) is 68.0 Å². The van der Waals surface area contributed by atoms with Crippen molar-refractivity contribution < 1.29 is 14.6 Å². The smallest absolute Gasteiger partial charge is 0.200 e. The lowest BCUT2D eigenvalue weighted by Crippen LogP contribution is -1.97. The van der Waals surface area contributed by atoms with Gasteiger partial charge in [0, 0.05) is 21.9 Å². The zero-order valence-electron chi connectivity index (χ0n) is 15.3. The van der Waals surface area contributed by atoms with Crippen molar-refractivity contribution in [2.75, 3.05) is 19.5 Å². The third-order valence-corrected chi connectivity index (χ3v) is 4.92. The summed E-state index contributed by atoms with van der Waals surface area (Å²) in [6.45, 7) is 0. The summed E-state index contributed by atoms with van der Waals surface area (Å²) in [5.74, 6) is 1.40. The molecule has 2 aromatic carbocycles. The van der Waals surface area contributed by atoms with Crippen molar-refractivity contribution in [2.45, 2.75) is 0 Å². The minimum Gasteiger partial charge on any atom is -0.502 e. The maximum Gasteiger partial charge on any atom is 0.200 e. The molecule has 0 amide bonds. The van der Waals surface area contributed by atoms with E-state index in [9.17, 15) is 5.11 Å². The van der Waals surface area contributed by atoms with Crippen molar-refractivity contribution in [3.05, 3.63) is 65.3 Å². The average molecular weight is 440 g/mol. The van der Waals surface area contributed by atoms with E-state index >= 15 is 0 Å². The molecule has 0 saturated carbocycles. The number of hydrogen-bond acceptors (Lipinski definition) is 5. The van der Waals surface area contributed by atoms with Crippen LogP contribution in [-0.2, 0) is 0 Å². The number of phenols is 1. The van der Waals surface area contributed by atoms with Gasteiger partial charge in [0.05, 0.1) is 14.2 Å². The number of methoxy groups -OCH3 is 2. The molecule has 0 saturated heterocycles. The lowest BCUT2D eigenvalue weighted by molar-refractivity contribution is 0.340. The van der Waals surface area contributed by atoms with Gasteiger partial charge >= 0.3 is 0 Å². The molecule has 0 atom stereocenters. The Labute approximate surface area is 170 Å².